The van der Waals surface area contributed by atoms with Gasteiger partial charge in [0.25, 0.3) is 0 Å². The highest BCUT2D eigenvalue weighted by molar-refractivity contribution is 7.86. The second kappa shape index (κ2) is 5.05. The lowest BCUT2D eigenvalue weighted by atomic mass is 10.1. The summed E-state index contributed by atoms with van der Waals surface area (Å²) >= 11 is 0. The largest absolute Gasteiger partial charge is 0.348 e. The van der Waals surface area contributed by atoms with Crippen LogP contribution >= 0.6 is 0 Å². The van der Waals surface area contributed by atoms with E-state index < -0.39 is 21.9 Å². The van der Waals surface area contributed by atoms with Gasteiger partial charge in [-0.1, -0.05) is 0 Å². The number of rotatable bonds is 5. The van der Waals surface area contributed by atoms with Crippen LogP contribution in [0.3, 0.4) is 0 Å². The van der Waals surface area contributed by atoms with Crippen molar-refractivity contribution in [2.75, 3.05) is 18.8 Å². The first-order valence-corrected chi connectivity index (χ1v) is 7.16. The highest BCUT2D eigenvalue weighted by Crippen LogP contribution is 2.20. The van der Waals surface area contributed by atoms with Gasteiger partial charge in [0.1, 0.15) is 0 Å². The summed E-state index contributed by atoms with van der Waals surface area (Å²) in [7, 11) is -4.51. The summed E-state index contributed by atoms with van der Waals surface area (Å²) in [5, 5.41) is 0. The Kier molecular flexibility index (Phi) is 3.65. The molecule has 1 aromatic heterocycles. The minimum Gasteiger partial charge on any atom is -0.348 e. The van der Waals surface area contributed by atoms with Crippen molar-refractivity contribution < 1.29 is 17.1 Å². The van der Waals surface area contributed by atoms with Crippen LogP contribution in [0.15, 0.2) is 12.5 Å². The molecule has 0 spiro atoms. The number of carbonyl (C=O) groups excluding carboxylic acids is 1. The van der Waals surface area contributed by atoms with Crippen LogP contribution in [-0.4, -0.2) is 48.0 Å². The maximum Gasteiger partial charge on any atom is 0.302 e. The Morgan fingerprint density at radius 3 is 2.94 bits per heavy atom. The fourth-order valence-electron chi connectivity index (χ4n) is 2.14. The fraction of sp³-hybridized carbons (Fsp3) is 0.600. The molecular formula is C10H14FN3O3S. The first-order chi connectivity index (χ1) is 8.44. The molecule has 2 rings (SSSR count). The molecule has 18 heavy (non-hydrogen) atoms. The molecule has 0 saturated carbocycles. The van der Waals surface area contributed by atoms with Gasteiger partial charge in [0.15, 0.2) is 0 Å². The van der Waals surface area contributed by atoms with Gasteiger partial charge in [0.2, 0.25) is 5.91 Å². The molecule has 6 nitrogen and oxygen atoms in total. The van der Waals surface area contributed by atoms with Gasteiger partial charge in [0, 0.05) is 43.7 Å². The van der Waals surface area contributed by atoms with E-state index in [1.54, 1.807) is 17.4 Å². The molecule has 1 aromatic rings. The molecule has 1 saturated heterocycles. The van der Waals surface area contributed by atoms with Crippen molar-refractivity contribution >= 4 is 16.1 Å². The van der Waals surface area contributed by atoms with Crippen LogP contribution in [0.2, 0.25) is 0 Å². The van der Waals surface area contributed by atoms with E-state index in [0.717, 1.165) is 5.69 Å². The monoisotopic (exact) mass is 275 g/mol. The minimum absolute atomic E-state index is 0.103. The van der Waals surface area contributed by atoms with E-state index in [4.69, 9.17) is 0 Å². The van der Waals surface area contributed by atoms with E-state index in [9.17, 15) is 17.1 Å². The van der Waals surface area contributed by atoms with Crippen LogP contribution in [0.5, 0.6) is 0 Å². The number of aromatic nitrogens is 2. The van der Waals surface area contributed by atoms with Crippen molar-refractivity contribution in [2.45, 2.75) is 12.8 Å². The predicted octanol–water partition coefficient (Wildman–Crippen LogP) is 0.1000. The van der Waals surface area contributed by atoms with E-state index in [0.29, 0.717) is 19.5 Å². The van der Waals surface area contributed by atoms with E-state index in [1.807, 2.05) is 0 Å². The summed E-state index contributed by atoms with van der Waals surface area (Å²) in [5.41, 5.74) is 0.907. The molecule has 1 fully saturated rings. The second-order valence-corrected chi connectivity index (χ2v) is 5.85. The fourth-order valence-corrected chi connectivity index (χ4v) is 2.93. The number of imidazole rings is 1. The Labute approximate surface area is 104 Å². The van der Waals surface area contributed by atoms with Crippen molar-refractivity contribution in [3.63, 3.8) is 0 Å². The minimum atomic E-state index is -4.51. The lowest BCUT2D eigenvalue weighted by molar-refractivity contribution is -0.127. The molecule has 1 aliphatic heterocycles. The molecule has 1 aliphatic rings. The van der Waals surface area contributed by atoms with Crippen molar-refractivity contribution in [3.05, 3.63) is 18.2 Å². The number of nitrogens with zero attached hydrogens (tertiary/aromatic N) is 2. The van der Waals surface area contributed by atoms with Gasteiger partial charge in [-0.2, -0.15) is 8.42 Å². The highest BCUT2D eigenvalue weighted by Gasteiger charge is 2.32. The quantitative estimate of drug-likeness (QED) is 0.773. The average molecular weight is 275 g/mol. The molecular weight excluding hydrogens is 261 g/mol. The standard InChI is InChI=1S/C10H14FN3O3S/c11-18(16,17)6-8-3-10(15)14(5-8)2-1-9-4-12-7-13-9/h4,7-8H,1-3,5-6H2,(H,12,13). The van der Waals surface area contributed by atoms with E-state index in [-0.39, 0.29) is 12.3 Å². The lowest BCUT2D eigenvalue weighted by Gasteiger charge is -2.15. The Morgan fingerprint density at radius 2 is 2.33 bits per heavy atom. The lowest BCUT2D eigenvalue weighted by Crippen LogP contribution is -2.28. The maximum atomic E-state index is 12.5. The first-order valence-electron chi connectivity index (χ1n) is 5.61. The average Bonchev–Trinajstić information content (AvgIpc) is 2.83. The number of halogens is 1. The molecule has 1 atom stereocenters. The maximum absolute atomic E-state index is 12.5. The van der Waals surface area contributed by atoms with Crippen molar-refractivity contribution in [3.8, 4) is 0 Å². The van der Waals surface area contributed by atoms with Gasteiger partial charge in [-0.3, -0.25) is 4.79 Å². The number of carbonyl (C=O) groups is 1. The Balaban J connectivity index is 1.86. The number of aromatic amines is 1. The van der Waals surface area contributed by atoms with Crippen LogP contribution in [0.25, 0.3) is 0 Å². The van der Waals surface area contributed by atoms with Crippen molar-refractivity contribution in [2.24, 2.45) is 5.92 Å². The molecule has 1 N–H and O–H groups in total. The molecule has 0 aliphatic carbocycles. The molecule has 100 valence electrons. The number of likely N-dealkylation sites (tertiary alicyclic amines) is 1. The van der Waals surface area contributed by atoms with Crippen LogP contribution in [0, 0.1) is 5.92 Å². The SMILES string of the molecule is O=C1CC(CS(=O)(=O)F)CN1CCc1cnc[nH]1. The van der Waals surface area contributed by atoms with Gasteiger partial charge >= 0.3 is 10.2 Å². The summed E-state index contributed by atoms with van der Waals surface area (Å²) in [6, 6.07) is 0. The van der Waals surface area contributed by atoms with Crippen molar-refractivity contribution in [1.82, 2.24) is 14.9 Å². The third-order valence-electron chi connectivity index (χ3n) is 2.94. The summed E-state index contributed by atoms with van der Waals surface area (Å²) in [6.07, 6.45) is 3.95. The predicted molar refractivity (Wildman–Crippen MR) is 61.9 cm³/mol. The summed E-state index contributed by atoms with van der Waals surface area (Å²) in [5.74, 6) is -1.13. The topological polar surface area (TPSA) is 83.1 Å². The molecule has 0 radical (unpaired) electrons. The van der Waals surface area contributed by atoms with Gasteiger partial charge in [-0.15, -0.1) is 3.89 Å². The number of hydrogen-bond donors (Lipinski definition) is 1. The van der Waals surface area contributed by atoms with Crippen LogP contribution in [0.1, 0.15) is 12.1 Å². The zero-order valence-corrected chi connectivity index (χ0v) is 10.5. The number of nitrogens with one attached hydrogen (secondary N) is 1. The first kappa shape index (κ1) is 13.0. The second-order valence-electron chi connectivity index (χ2n) is 4.44. The Hall–Kier alpha value is -1.44. The highest BCUT2D eigenvalue weighted by atomic mass is 32.3. The van der Waals surface area contributed by atoms with Crippen LogP contribution in [0.4, 0.5) is 3.89 Å². The van der Waals surface area contributed by atoms with Gasteiger partial charge < -0.3 is 9.88 Å². The Bertz CT molecular complexity index is 514. The smallest absolute Gasteiger partial charge is 0.302 e. The molecule has 2 heterocycles. The van der Waals surface area contributed by atoms with Gasteiger partial charge in [-0.05, 0) is 0 Å². The molecule has 0 aromatic carbocycles. The molecule has 1 unspecified atom stereocenters. The molecule has 0 bridgehead atoms. The van der Waals surface area contributed by atoms with E-state index in [1.165, 1.54) is 0 Å². The molecule has 8 heteroatoms. The van der Waals surface area contributed by atoms with Gasteiger partial charge in [0.05, 0.1) is 12.1 Å². The summed E-state index contributed by atoms with van der Waals surface area (Å²) < 4.78 is 33.6. The third kappa shape index (κ3) is 3.52. The van der Waals surface area contributed by atoms with E-state index in [2.05, 4.69) is 9.97 Å². The van der Waals surface area contributed by atoms with E-state index >= 15 is 0 Å². The normalized spacial score (nSPS) is 20.6. The third-order valence-corrected chi connectivity index (χ3v) is 3.80. The summed E-state index contributed by atoms with van der Waals surface area (Å²) in [4.78, 5) is 20.0. The van der Waals surface area contributed by atoms with Crippen molar-refractivity contribution in [1.29, 1.82) is 0 Å². The zero-order chi connectivity index (χ0) is 13.2. The molecule has 1 amide bonds. The van der Waals surface area contributed by atoms with Gasteiger partial charge in [-0.25, -0.2) is 4.98 Å². The van der Waals surface area contributed by atoms with Crippen LogP contribution < -0.4 is 0 Å². The Morgan fingerprint density at radius 1 is 1.56 bits per heavy atom. The zero-order valence-electron chi connectivity index (χ0n) is 9.67. The number of hydrogen-bond acceptors (Lipinski definition) is 4. The van der Waals surface area contributed by atoms with Crippen LogP contribution in [-0.2, 0) is 21.4 Å². The number of H-pyrrole nitrogens is 1. The number of amides is 1. The summed E-state index contributed by atoms with van der Waals surface area (Å²) in [6.45, 7) is 0.792.